The Hall–Kier alpha value is -1.64. The Bertz CT molecular complexity index is 356. The number of nitrogens with zero attached hydrogens (tertiary/aromatic N) is 2. The van der Waals surface area contributed by atoms with Gasteiger partial charge in [-0.3, -0.25) is 0 Å². The lowest BCUT2D eigenvalue weighted by Crippen LogP contribution is -2.24. The molecule has 2 rings (SSSR count). The molecule has 3 heteroatoms. The van der Waals surface area contributed by atoms with Gasteiger partial charge >= 0.3 is 6.03 Å². The van der Waals surface area contributed by atoms with E-state index in [1.54, 1.807) is 16.5 Å². The standard InChI is InChI=1S/C10H11N2O/c1-11-7-8-12(10(11)13)9-5-3-2-4-6-9/h2-6,8H,7H2,1H3/q+1. The molecule has 66 valence electrons. The van der Waals surface area contributed by atoms with Gasteiger partial charge in [-0.05, 0) is 12.1 Å². The monoisotopic (exact) mass is 175 g/mol. The van der Waals surface area contributed by atoms with Crippen molar-refractivity contribution in [2.75, 3.05) is 13.6 Å². The van der Waals surface area contributed by atoms with E-state index in [0.717, 1.165) is 5.69 Å². The summed E-state index contributed by atoms with van der Waals surface area (Å²) in [7, 11) is 1.79. The van der Waals surface area contributed by atoms with Crippen LogP contribution in [0.3, 0.4) is 0 Å². The molecule has 0 unspecified atom stereocenters. The molecule has 3 nitrogen and oxygen atoms in total. The minimum atomic E-state index is 0.0335. The SMILES string of the molecule is CN1CC=[N+](c2ccccc2)C1=O. The number of para-hydroxylation sites is 1. The summed E-state index contributed by atoms with van der Waals surface area (Å²) >= 11 is 0. The van der Waals surface area contributed by atoms with E-state index in [9.17, 15) is 4.79 Å². The van der Waals surface area contributed by atoms with Crippen LogP contribution in [0.25, 0.3) is 0 Å². The van der Waals surface area contributed by atoms with Gasteiger partial charge in [-0.25, -0.2) is 4.90 Å². The predicted octanol–water partition coefficient (Wildman–Crippen LogP) is 1.47. The van der Waals surface area contributed by atoms with Crippen LogP contribution in [0.2, 0.25) is 0 Å². The third-order valence-corrected chi connectivity index (χ3v) is 2.11. The van der Waals surface area contributed by atoms with Crippen LogP contribution in [0.1, 0.15) is 0 Å². The molecule has 1 aliphatic heterocycles. The van der Waals surface area contributed by atoms with Crippen molar-refractivity contribution in [1.29, 1.82) is 0 Å². The first-order valence-electron chi connectivity index (χ1n) is 4.22. The number of amides is 2. The van der Waals surface area contributed by atoms with E-state index in [4.69, 9.17) is 0 Å². The van der Waals surface area contributed by atoms with Gasteiger partial charge in [0.25, 0.3) is 0 Å². The Labute approximate surface area is 76.9 Å². The molecule has 0 radical (unpaired) electrons. The topological polar surface area (TPSA) is 23.3 Å². The lowest BCUT2D eigenvalue weighted by atomic mass is 10.3. The maximum absolute atomic E-state index is 11.5. The third kappa shape index (κ3) is 1.33. The second-order valence-corrected chi connectivity index (χ2v) is 3.05. The van der Waals surface area contributed by atoms with Gasteiger partial charge in [-0.2, -0.15) is 9.37 Å². The van der Waals surface area contributed by atoms with Crippen molar-refractivity contribution in [1.82, 2.24) is 4.90 Å². The molecule has 1 aromatic rings. The lowest BCUT2D eigenvalue weighted by Gasteiger charge is -2.00. The van der Waals surface area contributed by atoms with E-state index in [0.29, 0.717) is 6.54 Å². The van der Waals surface area contributed by atoms with E-state index in [1.807, 2.05) is 36.5 Å². The van der Waals surface area contributed by atoms with Gasteiger partial charge in [0.2, 0.25) is 0 Å². The summed E-state index contributed by atoms with van der Waals surface area (Å²) in [6.07, 6.45) is 1.89. The number of urea groups is 1. The molecule has 0 spiro atoms. The first kappa shape index (κ1) is 7.98. The van der Waals surface area contributed by atoms with E-state index in [2.05, 4.69) is 0 Å². The van der Waals surface area contributed by atoms with Crippen molar-refractivity contribution in [3.63, 3.8) is 0 Å². The van der Waals surface area contributed by atoms with Crippen LogP contribution in [0.4, 0.5) is 10.5 Å². The van der Waals surface area contributed by atoms with E-state index < -0.39 is 0 Å². The van der Waals surface area contributed by atoms with Gasteiger partial charge in [0.05, 0.1) is 7.05 Å². The number of carbonyl (C=O) groups is 1. The molecule has 0 saturated heterocycles. The molecular weight excluding hydrogens is 164 g/mol. The van der Waals surface area contributed by atoms with Gasteiger partial charge in [0.15, 0.2) is 0 Å². The van der Waals surface area contributed by atoms with Crippen LogP contribution in [-0.4, -0.2) is 35.3 Å². The van der Waals surface area contributed by atoms with Crippen molar-refractivity contribution in [3.05, 3.63) is 30.3 Å². The molecule has 1 aromatic carbocycles. The Balaban J connectivity index is 2.34. The number of benzene rings is 1. The minimum absolute atomic E-state index is 0.0335. The summed E-state index contributed by atoms with van der Waals surface area (Å²) in [6, 6.07) is 9.67. The summed E-state index contributed by atoms with van der Waals surface area (Å²) in [5, 5.41) is 0. The number of carbonyl (C=O) groups excluding carboxylic acids is 1. The number of rotatable bonds is 1. The van der Waals surface area contributed by atoms with Crippen molar-refractivity contribution in [2.45, 2.75) is 0 Å². The fourth-order valence-corrected chi connectivity index (χ4v) is 1.35. The summed E-state index contributed by atoms with van der Waals surface area (Å²) in [5.41, 5.74) is 0.928. The molecule has 1 heterocycles. The van der Waals surface area contributed by atoms with Crippen molar-refractivity contribution in [2.24, 2.45) is 0 Å². The van der Waals surface area contributed by atoms with Crippen LogP contribution in [0.15, 0.2) is 30.3 Å². The zero-order chi connectivity index (χ0) is 9.26. The van der Waals surface area contributed by atoms with Gasteiger partial charge in [0.1, 0.15) is 18.4 Å². The fourth-order valence-electron chi connectivity index (χ4n) is 1.35. The average Bonchev–Trinajstić information content (AvgIpc) is 2.49. The van der Waals surface area contributed by atoms with Crippen LogP contribution >= 0.6 is 0 Å². The van der Waals surface area contributed by atoms with E-state index in [1.165, 1.54) is 0 Å². The quantitative estimate of drug-likeness (QED) is 0.593. The molecule has 2 amide bonds. The van der Waals surface area contributed by atoms with Gasteiger partial charge in [0, 0.05) is 0 Å². The second kappa shape index (κ2) is 3.01. The summed E-state index contributed by atoms with van der Waals surface area (Å²) < 4.78 is 1.67. The normalized spacial score (nSPS) is 16.2. The summed E-state index contributed by atoms with van der Waals surface area (Å²) in [5.74, 6) is 0. The molecular formula is C10H11N2O+. The molecule has 0 atom stereocenters. The van der Waals surface area contributed by atoms with Gasteiger partial charge < -0.3 is 0 Å². The maximum Gasteiger partial charge on any atom is 0.498 e. The van der Waals surface area contributed by atoms with E-state index >= 15 is 0 Å². The first-order chi connectivity index (χ1) is 6.29. The van der Waals surface area contributed by atoms with Gasteiger partial charge in [-0.1, -0.05) is 18.2 Å². The molecule has 0 fully saturated rings. The highest BCUT2D eigenvalue weighted by Gasteiger charge is 2.29. The van der Waals surface area contributed by atoms with Crippen LogP contribution in [0, 0.1) is 0 Å². The van der Waals surface area contributed by atoms with Crippen molar-refractivity contribution in [3.8, 4) is 0 Å². The zero-order valence-corrected chi connectivity index (χ0v) is 7.47. The van der Waals surface area contributed by atoms with E-state index in [-0.39, 0.29) is 6.03 Å². The molecule has 0 aliphatic carbocycles. The maximum atomic E-state index is 11.5. The van der Waals surface area contributed by atoms with Crippen LogP contribution in [0.5, 0.6) is 0 Å². The second-order valence-electron chi connectivity index (χ2n) is 3.05. The average molecular weight is 175 g/mol. The highest BCUT2D eigenvalue weighted by atomic mass is 16.2. The Morgan fingerprint density at radius 3 is 2.54 bits per heavy atom. The minimum Gasteiger partial charge on any atom is -0.221 e. The number of hydrogen-bond donors (Lipinski definition) is 0. The molecule has 0 aromatic heterocycles. The van der Waals surface area contributed by atoms with Gasteiger partial charge in [-0.15, -0.1) is 0 Å². The zero-order valence-electron chi connectivity index (χ0n) is 7.47. The Morgan fingerprint density at radius 2 is 2.00 bits per heavy atom. The third-order valence-electron chi connectivity index (χ3n) is 2.11. The smallest absolute Gasteiger partial charge is 0.221 e. The van der Waals surface area contributed by atoms with Crippen molar-refractivity contribution < 1.29 is 9.37 Å². The van der Waals surface area contributed by atoms with Crippen LogP contribution < -0.4 is 0 Å². The molecule has 13 heavy (non-hydrogen) atoms. The Morgan fingerprint density at radius 1 is 1.31 bits per heavy atom. The van der Waals surface area contributed by atoms with Crippen LogP contribution in [-0.2, 0) is 0 Å². The summed E-state index contributed by atoms with van der Waals surface area (Å²) in [6.45, 7) is 0.688. The molecule has 0 saturated carbocycles. The Kier molecular flexibility index (Phi) is 1.85. The molecule has 0 bridgehead atoms. The summed E-state index contributed by atoms with van der Waals surface area (Å²) in [4.78, 5) is 13.2. The molecule has 1 aliphatic rings. The fraction of sp³-hybridized carbons (Fsp3) is 0.200. The highest BCUT2D eigenvalue weighted by molar-refractivity contribution is 5.81. The lowest BCUT2D eigenvalue weighted by molar-refractivity contribution is -0.326. The molecule has 0 N–H and O–H groups in total. The first-order valence-corrected chi connectivity index (χ1v) is 4.22. The number of hydrogen-bond acceptors (Lipinski definition) is 1. The predicted molar refractivity (Wildman–Crippen MR) is 50.5 cm³/mol. The largest absolute Gasteiger partial charge is 0.498 e. The van der Waals surface area contributed by atoms with Crippen molar-refractivity contribution >= 4 is 17.9 Å². The highest BCUT2D eigenvalue weighted by Crippen LogP contribution is 2.13.